The van der Waals surface area contributed by atoms with Gasteiger partial charge in [-0.25, -0.2) is 9.78 Å². The molecule has 0 radical (unpaired) electrons. The Morgan fingerprint density at radius 2 is 2.00 bits per heavy atom. The molecule has 6 nitrogen and oxygen atoms in total. The van der Waals surface area contributed by atoms with Gasteiger partial charge < -0.3 is 4.74 Å². The average molecular weight is 374 g/mol. The maximum Gasteiger partial charge on any atom is 0.340 e. The molecular formula is C17H12ClN3O3S. The number of carbonyl (C=O) groups excluding carboxylic acids is 2. The molecule has 25 heavy (non-hydrogen) atoms. The van der Waals surface area contributed by atoms with Crippen molar-refractivity contribution in [2.75, 3.05) is 11.9 Å². The highest BCUT2D eigenvalue weighted by Gasteiger charge is 2.12. The summed E-state index contributed by atoms with van der Waals surface area (Å²) in [4.78, 5) is 31.8. The van der Waals surface area contributed by atoms with E-state index in [2.05, 4.69) is 15.3 Å². The van der Waals surface area contributed by atoms with Crippen LogP contribution in [0.25, 0.3) is 11.3 Å². The van der Waals surface area contributed by atoms with Crippen LogP contribution in [0.4, 0.5) is 5.13 Å². The monoisotopic (exact) mass is 373 g/mol. The molecule has 8 heteroatoms. The molecule has 0 aliphatic carbocycles. The van der Waals surface area contributed by atoms with Crippen molar-refractivity contribution in [2.24, 2.45) is 0 Å². The van der Waals surface area contributed by atoms with Crippen LogP contribution in [0, 0.1) is 0 Å². The van der Waals surface area contributed by atoms with Crippen molar-refractivity contribution in [3.63, 3.8) is 0 Å². The minimum Gasteiger partial charge on any atom is -0.452 e. The van der Waals surface area contributed by atoms with Gasteiger partial charge in [0.25, 0.3) is 5.91 Å². The molecule has 0 spiro atoms. The van der Waals surface area contributed by atoms with Gasteiger partial charge in [0.1, 0.15) is 0 Å². The van der Waals surface area contributed by atoms with Crippen LogP contribution in [0.15, 0.2) is 54.2 Å². The van der Waals surface area contributed by atoms with E-state index in [0.717, 1.165) is 11.3 Å². The van der Waals surface area contributed by atoms with Crippen LogP contribution in [0.3, 0.4) is 0 Å². The SMILES string of the molecule is O=C(COC(=O)c1cccnc1)Nc1nc(-c2ccc(Cl)cc2)cs1. The molecule has 1 aromatic carbocycles. The number of nitrogens with one attached hydrogen (secondary N) is 1. The minimum absolute atomic E-state index is 0.287. The minimum atomic E-state index is -0.607. The fraction of sp³-hybridized carbons (Fsp3) is 0.0588. The Morgan fingerprint density at radius 1 is 1.20 bits per heavy atom. The zero-order chi connectivity index (χ0) is 17.6. The summed E-state index contributed by atoms with van der Waals surface area (Å²) in [6, 6.07) is 10.4. The summed E-state index contributed by atoms with van der Waals surface area (Å²) < 4.78 is 4.94. The number of ether oxygens (including phenoxy) is 1. The van der Waals surface area contributed by atoms with Crippen molar-refractivity contribution in [3.05, 3.63) is 64.8 Å². The third kappa shape index (κ3) is 4.62. The first-order valence-electron chi connectivity index (χ1n) is 7.20. The molecule has 3 aromatic rings. The highest BCUT2D eigenvalue weighted by Crippen LogP contribution is 2.25. The second-order valence-electron chi connectivity index (χ2n) is 4.91. The van der Waals surface area contributed by atoms with Gasteiger partial charge in [-0.15, -0.1) is 11.3 Å². The number of amides is 1. The van der Waals surface area contributed by atoms with Gasteiger partial charge in [-0.1, -0.05) is 23.7 Å². The van der Waals surface area contributed by atoms with Gasteiger partial charge in [0.05, 0.1) is 11.3 Å². The van der Waals surface area contributed by atoms with Gasteiger partial charge in [-0.05, 0) is 24.3 Å². The smallest absolute Gasteiger partial charge is 0.340 e. The van der Waals surface area contributed by atoms with Crippen LogP contribution in [0.1, 0.15) is 10.4 Å². The number of hydrogen-bond donors (Lipinski definition) is 1. The molecule has 2 aromatic heterocycles. The summed E-state index contributed by atoms with van der Waals surface area (Å²) in [5.41, 5.74) is 1.91. The zero-order valence-electron chi connectivity index (χ0n) is 12.8. The van der Waals surface area contributed by atoms with E-state index < -0.39 is 18.5 Å². The van der Waals surface area contributed by atoms with Gasteiger partial charge >= 0.3 is 5.97 Å². The lowest BCUT2D eigenvalue weighted by atomic mass is 10.2. The molecule has 0 atom stereocenters. The molecule has 0 saturated carbocycles. The van der Waals surface area contributed by atoms with Gasteiger partial charge in [-0.2, -0.15) is 0 Å². The number of thiazole rings is 1. The number of halogens is 1. The molecule has 2 heterocycles. The molecule has 126 valence electrons. The van der Waals surface area contributed by atoms with E-state index in [4.69, 9.17) is 16.3 Å². The summed E-state index contributed by atoms with van der Waals surface area (Å²) in [5, 5.41) is 5.48. The fourth-order valence-electron chi connectivity index (χ4n) is 1.94. The van der Waals surface area contributed by atoms with Gasteiger partial charge in [0, 0.05) is 28.4 Å². The largest absolute Gasteiger partial charge is 0.452 e. The van der Waals surface area contributed by atoms with Crippen LogP contribution >= 0.6 is 22.9 Å². The number of anilines is 1. The summed E-state index contributed by atoms with van der Waals surface area (Å²) >= 11 is 7.14. The van der Waals surface area contributed by atoms with E-state index in [1.54, 1.807) is 30.5 Å². The number of carbonyl (C=O) groups is 2. The topological polar surface area (TPSA) is 81.2 Å². The predicted octanol–water partition coefficient (Wildman–Crippen LogP) is 3.65. The van der Waals surface area contributed by atoms with Crippen LogP contribution in [0.5, 0.6) is 0 Å². The third-order valence-corrected chi connectivity index (χ3v) is 4.13. The van der Waals surface area contributed by atoms with E-state index >= 15 is 0 Å². The zero-order valence-corrected chi connectivity index (χ0v) is 14.4. The van der Waals surface area contributed by atoms with E-state index in [-0.39, 0.29) is 5.56 Å². The van der Waals surface area contributed by atoms with Crippen molar-refractivity contribution >= 4 is 39.9 Å². The maximum atomic E-state index is 11.9. The van der Waals surface area contributed by atoms with E-state index in [1.165, 1.54) is 17.5 Å². The lowest BCUT2D eigenvalue weighted by Crippen LogP contribution is -2.20. The summed E-state index contributed by atoms with van der Waals surface area (Å²) in [5.74, 6) is -1.07. The van der Waals surface area contributed by atoms with Crippen molar-refractivity contribution < 1.29 is 14.3 Å². The highest BCUT2D eigenvalue weighted by molar-refractivity contribution is 7.14. The van der Waals surface area contributed by atoms with Crippen molar-refractivity contribution in [3.8, 4) is 11.3 Å². The summed E-state index contributed by atoms with van der Waals surface area (Å²) in [7, 11) is 0. The van der Waals surface area contributed by atoms with Crippen LogP contribution in [-0.4, -0.2) is 28.5 Å². The van der Waals surface area contributed by atoms with Crippen molar-refractivity contribution in [1.82, 2.24) is 9.97 Å². The molecule has 0 aliphatic heterocycles. The Labute approximate surface area is 152 Å². The van der Waals surface area contributed by atoms with Gasteiger partial charge in [-0.3, -0.25) is 15.1 Å². The second-order valence-corrected chi connectivity index (χ2v) is 6.21. The number of pyridine rings is 1. The molecule has 0 bridgehead atoms. The first-order valence-corrected chi connectivity index (χ1v) is 8.46. The lowest BCUT2D eigenvalue weighted by Gasteiger charge is -2.04. The number of nitrogens with zero attached hydrogens (tertiary/aromatic N) is 2. The number of benzene rings is 1. The number of hydrogen-bond acceptors (Lipinski definition) is 6. The molecule has 0 fully saturated rings. The van der Waals surface area contributed by atoms with Crippen LogP contribution in [0.2, 0.25) is 5.02 Å². The Balaban J connectivity index is 1.55. The Hall–Kier alpha value is -2.77. The van der Waals surface area contributed by atoms with Crippen LogP contribution < -0.4 is 5.32 Å². The first-order chi connectivity index (χ1) is 12.1. The number of esters is 1. The Kier molecular flexibility index (Phi) is 5.37. The molecule has 0 saturated heterocycles. The maximum absolute atomic E-state index is 11.9. The van der Waals surface area contributed by atoms with E-state index in [9.17, 15) is 9.59 Å². The van der Waals surface area contributed by atoms with Crippen LogP contribution in [-0.2, 0) is 9.53 Å². The standard InChI is InChI=1S/C17H12ClN3O3S/c18-13-5-3-11(4-6-13)14-10-25-17(20-14)21-15(22)9-24-16(23)12-2-1-7-19-8-12/h1-8,10H,9H2,(H,20,21,22). The number of aromatic nitrogens is 2. The Bertz CT molecular complexity index is 882. The fourth-order valence-corrected chi connectivity index (χ4v) is 2.80. The van der Waals surface area contributed by atoms with Crippen molar-refractivity contribution in [1.29, 1.82) is 0 Å². The second kappa shape index (κ2) is 7.87. The molecule has 3 rings (SSSR count). The lowest BCUT2D eigenvalue weighted by molar-refractivity contribution is -0.119. The summed E-state index contributed by atoms with van der Waals surface area (Å²) in [6.45, 7) is -0.399. The van der Waals surface area contributed by atoms with Crippen molar-refractivity contribution in [2.45, 2.75) is 0 Å². The quantitative estimate of drug-likeness (QED) is 0.690. The average Bonchev–Trinajstić information content (AvgIpc) is 3.09. The predicted molar refractivity (Wildman–Crippen MR) is 95.7 cm³/mol. The molecule has 0 unspecified atom stereocenters. The molecular weight excluding hydrogens is 362 g/mol. The Morgan fingerprint density at radius 3 is 2.72 bits per heavy atom. The third-order valence-electron chi connectivity index (χ3n) is 3.12. The van der Waals surface area contributed by atoms with Gasteiger partial charge in [0.15, 0.2) is 11.7 Å². The molecule has 1 amide bonds. The normalized spacial score (nSPS) is 10.3. The number of rotatable bonds is 5. The summed E-state index contributed by atoms with van der Waals surface area (Å²) in [6.07, 6.45) is 2.92. The van der Waals surface area contributed by atoms with E-state index in [1.807, 2.05) is 17.5 Å². The van der Waals surface area contributed by atoms with E-state index in [0.29, 0.717) is 10.2 Å². The van der Waals surface area contributed by atoms with Gasteiger partial charge in [0.2, 0.25) is 0 Å². The first kappa shape index (κ1) is 17.1. The highest BCUT2D eigenvalue weighted by atomic mass is 35.5. The molecule has 0 aliphatic rings. The molecule has 1 N–H and O–H groups in total.